The van der Waals surface area contributed by atoms with Crippen LogP contribution in [0.25, 0.3) is 0 Å². The maximum Gasteiger partial charge on any atom is 0.0790 e. The molecule has 1 fully saturated rings. The van der Waals surface area contributed by atoms with Gasteiger partial charge in [-0.05, 0) is 50.6 Å². The smallest absolute Gasteiger partial charge is 0.0790 e. The third-order valence-electron chi connectivity index (χ3n) is 3.99. The van der Waals surface area contributed by atoms with Gasteiger partial charge in [0.15, 0.2) is 0 Å². The highest BCUT2D eigenvalue weighted by molar-refractivity contribution is 5.11. The molecule has 0 radical (unpaired) electrons. The number of aliphatic hydroxyl groups excluding tert-OH is 1. The van der Waals surface area contributed by atoms with Crippen LogP contribution in [-0.2, 0) is 0 Å². The number of allylic oxidation sites excluding steroid dienone is 1. The zero-order valence-electron chi connectivity index (χ0n) is 10.3. The summed E-state index contributed by atoms with van der Waals surface area (Å²) in [4.78, 5) is 0. The van der Waals surface area contributed by atoms with E-state index in [-0.39, 0.29) is 6.10 Å². The molecule has 2 aliphatic rings. The molecule has 0 amide bonds. The summed E-state index contributed by atoms with van der Waals surface area (Å²) in [5.74, 6) is 0.458. The van der Waals surface area contributed by atoms with Gasteiger partial charge in [-0.15, -0.1) is 0 Å². The van der Waals surface area contributed by atoms with Crippen LogP contribution < -0.4 is 5.32 Å². The van der Waals surface area contributed by atoms with E-state index in [0.29, 0.717) is 5.92 Å². The summed E-state index contributed by atoms with van der Waals surface area (Å²) in [5, 5.41) is 13.8. The topological polar surface area (TPSA) is 32.3 Å². The van der Waals surface area contributed by atoms with E-state index in [1.54, 1.807) is 0 Å². The lowest BCUT2D eigenvalue weighted by molar-refractivity contribution is 0.118. The second kappa shape index (κ2) is 6.41. The Balaban J connectivity index is 1.92. The molecular formula is C14H25NO. The number of nitrogens with one attached hydrogen (secondary N) is 1. The second-order valence-corrected chi connectivity index (χ2v) is 5.28. The van der Waals surface area contributed by atoms with Crippen molar-refractivity contribution >= 4 is 0 Å². The standard InChI is InChI=1S/C14H25NO/c16-14(13-9-6-10-15-11-13)12-7-4-2-1-3-5-8-12/h7,13-16H,1-6,8-11H2. The van der Waals surface area contributed by atoms with Gasteiger partial charge in [-0.1, -0.05) is 18.9 Å². The molecule has 2 N–H and O–H groups in total. The number of aliphatic hydroxyl groups is 1. The normalized spacial score (nSPS) is 30.1. The Morgan fingerprint density at radius 1 is 1.19 bits per heavy atom. The Hall–Kier alpha value is -0.340. The Kier molecular flexibility index (Phi) is 4.86. The molecular weight excluding hydrogens is 198 g/mol. The van der Waals surface area contributed by atoms with Crippen molar-refractivity contribution in [2.75, 3.05) is 13.1 Å². The Labute approximate surface area is 99.1 Å². The van der Waals surface area contributed by atoms with E-state index in [1.165, 1.54) is 50.5 Å². The fourth-order valence-electron chi connectivity index (χ4n) is 2.94. The fraction of sp³-hybridized carbons (Fsp3) is 0.857. The van der Waals surface area contributed by atoms with Gasteiger partial charge in [0.1, 0.15) is 0 Å². The van der Waals surface area contributed by atoms with Gasteiger partial charge in [0, 0.05) is 12.5 Å². The number of hydrogen-bond acceptors (Lipinski definition) is 2. The summed E-state index contributed by atoms with van der Waals surface area (Å²) in [7, 11) is 0. The largest absolute Gasteiger partial charge is 0.388 e. The van der Waals surface area contributed by atoms with E-state index in [9.17, 15) is 5.11 Å². The molecule has 2 heteroatoms. The van der Waals surface area contributed by atoms with Crippen molar-refractivity contribution in [1.29, 1.82) is 0 Å². The van der Waals surface area contributed by atoms with Crippen molar-refractivity contribution in [3.05, 3.63) is 11.6 Å². The summed E-state index contributed by atoms with van der Waals surface area (Å²) < 4.78 is 0. The summed E-state index contributed by atoms with van der Waals surface area (Å²) in [6.45, 7) is 2.13. The Morgan fingerprint density at radius 2 is 2.06 bits per heavy atom. The van der Waals surface area contributed by atoms with Gasteiger partial charge >= 0.3 is 0 Å². The number of rotatable bonds is 2. The fourth-order valence-corrected chi connectivity index (χ4v) is 2.94. The Bertz CT molecular complexity index is 231. The molecule has 1 saturated heterocycles. The van der Waals surface area contributed by atoms with Crippen LogP contribution in [0.2, 0.25) is 0 Å². The molecule has 0 bridgehead atoms. The molecule has 16 heavy (non-hydrogen) atoms. The first-order chi connectivity index (χ1) is 7.88. The molecule has 2 nitrogen and oxygen atoms in total. The third kappa shape index (κ3) is 3.33. The van der Waals surface area contributed by atoms with E-state index in [2.05, 4.69) is 11.4 Å². The van der Waals surface area contributed by atoms with Gasteiger partial charge in [-0.25, -0.2) is 0 Å². The van der Waals surface area contributed by atoms with Gasteiger partial charge in [0.2, 0.25) is 0 Å². The van der Waals surface area contributed by atoms with E-state index in [0.717, 1.165) is 19.5 Å². The van der Waals surface area contributed by atoms with Crippen LogP contribution in [0, 0.1) is 5.92 Å². The first-order valence-corrected chi connectivity index (χ1v) is 6.95. The first-order valence-electron chi connectivity index (χ1n) is 6.95. The van der Waals surface area contributed by atoms with Crippen LogP contribution in [0.5, 0.6) is 0 Å². The van der Waals surface area contributed by atoms with Gasteiger partial charge in [-0.3, -0.25) is 0 Å². The first kappa shape index (κ1) is 12.1. The average Bonchev–Trinajstić information content (AvgIpc) is 2.29. The van der Waals surface area contributed by atoms with Gasteiger partial charge < -0.3 is 10.4 Å². The monoisotopic (exact) mass is 223 g/mol. The number of piperidine rings is 1. The molecule has 1 aliphatic carbocycles. The van der Waals surface area contributed by atoms with Crippen molar-refractivity contribution in [2.45, 2.75) is 57.5 Å². The van der Waals surface area contributed by atoms with Crippen LogP contribution in [-0.4, -0.2) is 24.3 Å². The maximum absolute atomic E-state index is 10.4. The minimum Gasteiger partial charge on any atom is -0.388 e. The van der Waals surface area contributed by atoms with Crippen LogP contribution >= 0.6 is 0 Å². The third-order valence-corrected chi connectivity index (χ3v) is 3.99. The maximum atomic E-state index is 10.4. The minimum absolute atomic E-state index is 0.175. The second-order valence-electron chi connectivity index (χ2n) is 5.28. The highest BCUT2D eigenvalue weighted by atomic mass is 16.3. The summed E-state index contributed by atoms with van der Waals surface area (Å²) >= 11 is 0. The average molecular weight is 223 g/mol. The Morgan fingerprint density at radius 3 is 2.88 bits per heavy atom. The van der Waals surface area contributed by atoms with E-state index >= 15 is 0 Å². The molecule has 0 saturated carbocycles. The summed E-state index contributed by atoms with van der Waals surface area (Å²) in [6, 6.07) is 0. The molecule has 2 rings (SSSR count). The van der Waals surface area contributed by atoms with Crippen LogP contribution in [0.3, 0.4) is 0 Å². The highest BCUT2D eigenvalue weighted by Crippen LogP contribution is 2.26. The van der Waals surface area contributed by atoms with E-state index < -0.39 is 0 Å². The minimum atomic E-state index is -0.175. The molecule has 0 aromatic rings. The van der Waals surface area contributed by atoms with Crippen molar-refractivity contribution < 1.29 is 5.11 Å². The summed E-state index contributed by atoms with van der Waals surface area (Å²) in [6.07, 6.45) is 12.1. The lowest BCUT2D eigenvalue weighted by Gasteiger charge is -2.29. The highest BCUT2D eigenvalue weighted by Gasteiger charge is 2.24. The van der Waals surface area contributed by atoms with Crippen molar-refractivity contribution in [3.63, 3.8) is 0 Å². The zero-order chi connectivity index (χ0) is 11.2. The molecule has 2 atom stereocenters. The van der Waals surface area contributed by atoms with E-state index in [1.807, 2.05) is 0 Å². The summed E-state index contributed by atoms with van der Waals surface area (Å²) in [5.41, 5.74) is 1.33. The van der Waals surface area contributed by atoms with Gasteiger partial charge in [0.05, 0.1) is 6.10 Å². The molecule has 2 unspecified atom stereocenters. The lowest BCUT2D eigenvalue weighted by atomic mass is 9.86. The van der Waals surface area contributed by atoms with Crippen LogP contribution in [0.15, 0.2) is 11.6 Å². The molecule has 0 spiro atoms. The van der Waals surface area contributed by atoms with E-state index in [4.69, 9.17) is 0 Å². The van der Waals surface area contributed by atoms with Crippen molar-refractivity contribution in [2.24, 2.45) is 5.92 Å². The molecule has 0 aromatic heterocycles. The lowest BCUT2D eigenvalue weighted by Crippen LogP contribution is -2.37. The molecule has 0 aromatic carbocycles. The molecule has 1 heterocycles. The van der Waals surface area contributed by atoms with Gasteiger partial charge in [0.25, 0.3) is 0 Å². The molecule has 92 valence electrons. The van der Waals surface area contributed by atoms with Crippen molar-refractivity contribution in [1.82, 2.24) is 5.32 Å². The SMILES string of the molecule is OC(C1=CCCCCCC1)C1CCCNC1. The van der Waals surface area contributed by atoms with Crippen LogP contribution in [0.1, 0.15) is 51.4 Å². The quantitative estimate of drug-likeness (QED) is 0.705. The number of hydrogen-bond donors (Lipinski definition) is 2. The molecule has 1 aliphatic heterocycles. The predicted molar refractivity (Wildman–Crippen MR) is 67.4 cm³/mol. The van der Waals surface area contributed by atoms with Crippen molar-refractivity contribution in [3.8, 4) is 0 Å². The van der Waals surface area contributed by atoms with Gasteiger partial charge in [-0.2, -0.15) is 0 Å². The van der Waals surface area contributed by atoms with Crippen LogP contribution in [0.4, 0.5) is 0 Å². The zero-order valence-corrected chi connectivity index (χ0v) is 10.3. The predicted octanol–water partition coefficient (Wildman–Crippen LogP) is 2.63.